The number of rotatable bonds is 6. The molecular weight excluding hydrogens is 426 g/mol. The Hall–Kier alpha value is -3.33. The number of amides is 1. The van der Waals surface area contributed by atoms with Crippen LogP contribution in [0.1, 0.15) is 28.9 Å². The number of benzene rings is 1. The molecule has 1 N–H and O–H groups in total. The van der Waals surface area contributed by atoms with E-state index in [4.69, 9.17) is 11.6 Å². The van der Waals surface area contributed by atoms with Crippen molar-refractivity contribution in [2.45, 2.75) is 33.4 Å². The van der Waals surface area contributed by atoms with Gasteiger partial charge in [-0.3, -0.25) is 9.48 Å². The van der Waals surface area contributed by atoms with Gasteiger partial charge in [-0.1, -0.05) is 23.7 Å². The Bertz CT molecular complexity index is 1250. The van der Waals surface area contributed by atoms with Crippen LogP contribution < -0.4 is 5.32 Å². The van der Waals surface area contributed by atoms with Crippen LogP contribution in [0.5, 0.6) is 0 Å². The maximum Gasteiger partial charge on any atom is 0.264 e. The van der Waals surface area contributed by atoms with Crippen LogP contribution in [0.15, 0.2) is 42.7 Å². The standard InChI is InChI=1S/C21H19ClF2N6O/c1-12-7-17(20(23)24)19-13(2)28-30(21(19)26-12)11-18(31)27-16-5-3-14(4-6-16)9-29-10-15(22)8-25-29/h3-8,10,20H,9,11H2,1-2H3,(H,27,31). The van der Waals surface area contributed by atoms with Gasteiger partial charge in [-0.25, -0.2) is 18.4 Å². The molecule has 0 unspecified atom stereocenters. The van der Waals surface area contributed by atoms with Gasteiger partial charge in [-0.2, -0.15) is 10.2 Å². The molecule has 0 saturated carbocycles. The molecule has 3 aromatic heterocycles. The molecule has 0 spiro atoms. The van der Waals surface area contributed by atoms with Crippen LogP contribution in [0.3, 0.4) is 0 Å². The maximum atomic E-state index is 13.4. The number of carbonyl (C=O) groups is 1. The number of nitrogens with zero attached hydrogens (tertiary/aromatic N) is 5. The number of aromatic nitrogens is 5. The largest absolute Gasteiger partial charge is 0.324 e. The van der Waals surface area contributed by atoms with Gasteiger partial charge >= 0.3 is 0 Å². The first-order valence-corrected chi connectivity index (χ1v) is 9.87. The highest BCUT2D eigenvalue weighted by Gasteiger charge is 2.20. The average molecular weight is 445 g/mol. The van der Waals surface area contributed by atoms with Crippen LogP contribution in [0.4, 0.5) is 14.5 Å². The summed E-state index contributed by atoms with van der Waals surface area (Å²) >= 11 is 5.87. The Kier molecular flexibility index (Phi) is 5.69. The third-order valence-electron chi connectivity index (χ3n) is 4.75. The third-order valence-corrected chi connectivity index (χ3v) is 4.94. The normalized spacial score (nSPS) is 11.4. The lowest BCUT2D eigenvalue weighted by molar-refractivity contribution is -0.116. The number of anilines is 1. The molecule has 0 fully saturated rings. The van der Waals surface area contributed by atoms with Crippen LogP contribution in [-0.4, -0.2) is 30.5 Å². The van der Waals surface area contributed by atoms with Crippen molar-refractivity contribution < 1.29 is 13.6 Å². The van der Waals surface area contributed by atoms with Crippen LogP contribution in [0.25, 0.3) is 11.0 Å². The molecule has 4 rings (SSSR count). The first kappa shape index (κ1) is 20.9. The highest BCUT2D eigenvalue weighted by molar-refractivity contribution is 6.30. The van der Waals surface area contributed by atoms with Crippen LogP contribution in [-0.2, 0) is 17.9 Å². The van der Waals surface area contributed by atoms with Crippen molar-refractivity contribution in [1.82, 2.24) is 24.5 Å². The molecule has 0 aliphatic carbocycles. The van der Waals surface area contributed by atoms with Crippen molar-refractivity contribution in [3.05, 3.63) is 70.3 Å². The number of alkyl halides is 2. The molecule has 31 heavy (non-hydrogen) atoms. The highest BCUT2D eigenvalue weighted by atomic mass is 35.5. The lowest BCUT2D eigenvalue weighted by Crippen LogP contribution is -2.20. The summed E-state index contributed by atoms with van der Waals surface area (Å²) in [5.41, 5.74) is 2.60. The van der Waals surface area contributed by atoms with E-state index in [0.717, 1.165) is 5.56 Å². The fourth-order valence-electron chi connectivity index (χ4n) is 3.44. The third kappa shape index (κ3) is 4.56. The number of pyridine rings is 1. The summed E-state index contributed by atoms with van der Waals surface area (Å²) < 4.78 is 29.9. The van der Waals surface area contributed by atoms with E-state index < -0.39 is 6.43 Å². The lowest BCUT2D eigenvalue weighted by atomic mass is 10.1. The van der Waals surface area contributed by atoms with E-state index in [0.29, 0.717) is 28.6 Å². The van der Waals surface area contributed by atoms with Gasteiger partial charge in [0.2, 0.25) is 5.91 Å². The molecule has 1 amide bonds. The van der Waals surface area contributed by atoms with E-state index in [1.807, 2.05) is 12.1 Å². The minimum absolute atomic E-state index is 0.124. The Morgan fingerprint density at radius 2 is 1.97 bits per heavy atom. The predicted octanol–water partition coefficient (Wildman–Crippen LogP) is 4.52. The van der Waals surface area contributed by atoms with Crippen molar-refractivity contribution in [2.75, 3.05) is 5.32 Å². The van der Waals surface area contributed by atoms with Gasteiger partial charge in [0.05, 0.1) is 28.8 Å². The van der Waals surface area contributed by atoms with Gasteiger partial charge in [0, 0.05) is 23.1 Å². The maximum absolute atomic E-state index is 13.4. The molecule has 10 heteroatoms. The minimum atomic E-state index is -2.65. The second-order valence-electron chi connectivity index (χ2n) is 7.20. The molecule has 7 nitrogen and oxygen atoms in total. The van der Waals surface area contributed by atoms with Crippen LogP contribution in [0, 0.1) is 13.8 Å². The fourth-order valence-corrected chi connectivity index (χ4v) is 3.60. The molecular formula is C21H19ClF2N6O. The summed E-state index contributed by atoms with van der Waals surface area (Å²) in [7, 11) is 0. The monoisotopic (exact) mass is 444 g/mol. The van der Waals surface area contributed by atoms with Crippen molar-refractivity contribution in [1.29, 1.82) is 0 Å². The van der Waals surface area contributed by atoms with Crippen LogP contribution >= 0.6 is 11.6 Å². The minimum Gasteiger partial charge on any atom is -0.324 e. The number of aryl methyl sites for hydroxylation is 2. The number of halogens is 3. The summed E-state index contributed by atoms with van der Waals surface area (Å²) in [5.74, 6) is -0.335. The molecule has 0 atom stereocenters. The molecule has 0 radical (unpaired) electrons. The molecule has 160 valence electrons. The lowest BCUT2D eigenvalue weighted by Gasteiger charge is -2.08. The summed E-state index contributed by atoms with van der Waals surface area (Å²) in [6.45, 7) is 3.68. The van der Waals surface area contributed by atoms with E-state index in [1.54, 1.807) is 43.1 Å². The number of nitrogens with one attached hydrogen (secondary N) is 1. The molecule has 0 bridgehead atoms. The molecule has 0 aliphatic rings. The quantitative estimate of drug-likeness (QED) is 0.474. The SMILES string of the molecule is Cc1cc(C(F)F)c2c(C)nn(CC(=O)Nc3ccc(Cn4cc(Cl)cn4)cc3)c2n1. The Labute approximate surface area is 181 Å². The molecule has 3 heterocycles. The number of hydrogen-bond donors (Lipinski definition) is 1. The molecule has 0 aliphatic heterocycles. The van der Waals surface area contributed by atoms with Gasteiger partial charge in [0.25, 0.3) is 6.43 Å². The topological polar surface area (TPSA) is 77.6 Å². The molecule has 4 aromatic rings. The van der Waals surface area contributed by atoms with E-state index >= 15 is 0 Å². The van der Waals surface area contributed by atoms with E-state index in [9.17, 15) is 13.6 Å². The predicted molar refractivity (Wildman–Crippen MR) is 113 cm³/mol. The van der Waals surface area contributed by atoms with Gasteiger partial charge in [0.15, 0.2) is 5.65 Å². The first-order valence-electron chi connectivity index (χ1n) is 9.49. The fraction of sp³-hybridized carbons (Fsp3) is 0.238. The highest BCUT2D eigenvalue weighted by Crippen LogP contribution is 2.30. The Morgan fingerprint density at radius 1 is 1.23 bits per heavy atom. The summed E-state index contributed by atoms with van der Waals surface area (Å²) in [4.78, 5) is 16.9. The van der Waals surface area contributed by atoms with Crippen molar-refractivity contribution in [2.24, 2.45) is 0 Å². The van der Waals surface area contributed by atoms with E-state index in [-0.39, 0.29) is 29.0 Å². The smallest absolute Gasteiger partial charge is 0.264 e. The van der Waals surface area contributed by atoms with Gasteiger partial charge in [-0.05, 0) is 37.6 Å². The van der Waals surface area contributed by atoms with Gasteiger partial charge < -0.3 is 5.32 Å². The zero-order valence-electron chi connectivity index (χ0n) is 16.8. The Balaban J connectivity index is 1.48. The average Bonchev–Trinajstić information content (AvgIpc) is 3.25. The van der Waals surface area contributed by atoms with Gasteiger partial charge in [-0.15, -0.1) is 0 Å². The second kappa shape index (κ2) is 8.43. The summed E-state index contributed by atoms with van der Waals surface area (Å²) in [5, 5.41) is 12.0. The number of hydrogen-bond acceptors (Lipinski definition) is 4. The van der Waals surface area contributed by atoms with Gasteiger partial charge in [0.1, 0.15) is 6.54 Å². The number of fused-ring (bicyclic) bond motifs is 1. The first-order chi connectivity index (χ1) is 14.8. The van der Waals surface area contributed by atoms with E-state index in [2.05, 4.69) is 20.5 Å². The van der Waals surface area contributed by atoms with Crippen molar-refractivity contribution >= 4 is 34.2 Å². The summed E-state index contributed by atoms with van der Waals surface area (Å²) in [6, 6.07) is 8.66. The summed E-state index contributed by atoms with van der Waals surface area (Å²) in [6.07, 6.45) is 0.644. The van der Waals surface area contributed by atoms with Crippen molar-refractivity contribution in [3.63, 3.8) is 0 Å². The van der Waals surface area contributed by atoms with E-state index in [1.165, 1.54) is 10.7 Å². The number of carbonyl (C=O) groups excluding carboxylic acids is 1. The zero-order chi connectivity index (χ0) is 22.1. The van der Waals surface area contributed by atoms with Crippen molar-refractivity contribution in [3.8, 4) is 0 Å². The molecule has 1 aromatic carbocycles. The zero-order valence-corrected chi connectivity index (χ0v) is 17.6. The second-order valence-corrected chi connectivity index (χ2v) is 7.63. The Morgan fingerprint density at radius 3 is 2.61 bits per heavy atom. The van der Waals surface area contributed by atoms with Crippen LogP contribution in [0.2, 0.25) is 5.02 Å². The molecule has 0 saturated heterocycles.